The summed E-state index contributed by atoms with van der Waals surface area (Å²) < 4.78 is 28.3. The SMILES string of the molecule is O=C(NCCc1ccc(S(=O)(=O)N2CCCC2)cc1)C(Cc1ccccc1)n1cnnn1. The molecule has 0 saturated carbocycles. The third kappa shape index (κ3) is 5.20. The van der Waals surface area contributed by atoms with Gasteiger partial charge in [0.15, 0.2) is 0 Å². The van der Waals surface area contributed by atoms with Gasteiger partial charge in [-0.1, -0.05) is 42.5 Å². The minimum Gasteiger partial charge on any atom is -0.354 e. The van der Waals surface area contributed by atoms with Crippen molar-refractivity contribution in [3.05, 3.63) is 72.1 Å². The van der Waals surface area contributed by atoms with Gasteiger partial charge in [-0.15, -0.1) is 5.10 Å². The Kier molecular flexibility index (Phi) is 6.91. The largest absolute Gasteiger partial charge is 0.354 e. The molecule has 0 bridgehead atoms. The highest BCUT2D eigenvalue weighted by Crippen LogP contribution is 2.21. The second-order valence-electron chi connectivity index (χ2n) is 7.79. The highest BCUT2D eigenvalue weighted by molar-refractivity contribution is 7.89. The van der Waals surface area contributed by atoms with Crippen LogP contribution in [0.15, 0.2) is 65.8 Å². The van der Waals surface area contributed by atoms with Gasteiger partial charge in [-0.25, -0.2) is 13.1 Å². The summed E-state index contributed by atoms with van der Waals surface area (Å²) in [5.41, 5.74) is 1.96. The van der Waals surface area contributed by atoms with Crippen molar-refractivity contribution in [2.45, 2.75) is 36.6 Å². The molecule has 2 aromatic carbocycles. The van der Waals surface area contributed by atoms with E-state index in [0.717, 1.165) is 24.0 Å². The zero-order valence-corrected chi connectivity index (χ0v) is 18.5. The van der Waals surface area contributed by atoms with E-state index in [0.29, 0.717) is 37.4 Å². The van der Waals surface area contributed by atoms with Crippen molar-refractivity contribution < 1.29 is 13.2 Å². The number of nitrogens with zero attached hydrogens (tertiary/aromatic N) is 5. The normalized spacial score (nSPS) is 15.5. The third-order valence-electron chi connectivity index (χ3n) is 5.60. The first-order valence-corrected chi connectivity index (χ1v) is 12.1. The van der Waals surface area contributed by atoms with E-state index in [4.69, 9.17) is 0 Å². The Hall–Kier alpha value is -3.11. The number of amides is 1. The number of sulfonamides is 1. The molecule has 0 radical (unpaired) electrons. The van der Waals surface area contributed by atoms with Crippen molar-refractivity contribution in [3.8, 4) is 0 Å². The molecule has 4 rings (SSSR count). The van der Waals surface area contributed by atoms with Crippen molar-refractivity contribution in [1.82, 2.24) is 29.8 Å². The molecule has 2 heterocycles. The summed E-state index contributed by atoms with van der Waals surface area (Å²) in [5, 5.41) is 14.1. The van der Waals surface area contributed by atoms with Crippen LogP contribution in [0.5, 0.6) is 0 Å². The molecule has 1 atom stereocenters. The third-order valence-corrected chi connectivity index (χ3v) is 7.51. The summed E-state index contributed by atoms with van der Waals surface area (Å²) in [6.07, 6.45) is 4.32. The van der Waals surface area contributed by atoms with Crippen molar-refractivity contribution in [1.29, 1.82) is 0 Å². The maximum atomic E-state index is 12.9. The quantitative estimate of drug-likeness (QED) is 0.526. The fourth-order valence-corrected chi connectivity index (χ4v) is 5.33. The highest BCUT2D eigenvalue weighted by Gasteiger charge is 2.27. The topological polar surface area (TPSA) is 110 Å². The van der Waals surface area contributed by atoms with Crippen LogP contribution in [0.2, 0.25) is 0 Å². The molecule has 1 aliphatic rings. The maximum absolute atomic E-state index is 12.9. The summed E-state index contributed by atoms with van der Waals surface area (Å²) in [5.74, 6) is -0.172. The molecule has 32 heavy (non-hydrogen) atoms. The number of carbonyl (C=O) groups excluding carboxylic acids is 1. The molecule has 9 nitrogen and oxygen atoms in total. The second-order valence-corrected chi connectivity index (χ2v) is 9.73. The Labute approximate surface area is 187 Å². The molecule has 10 heteroatoms. The van der Waals surface area contributed by atoms with E-state index in [-0.39, 0.29) is 5.91 Å². The van der Waals surface area contributed by atoms with Crippen LogP contribution in [-0.2, 0) is 27.7 Å². The first kappa shape index (κ1) is 22.1. The lowest BCUT2D eigenvalue weighted by molar-refractivity contribution is -0.124. The molecular formula is C22H26N6O3S. The van der Waals surface area contributed by atoms with Gasteiger partial charge in [0.25, 0.3) is 0 Å². The summed E-state index contributed by atoms with van der Waals surface area (Å²) in [6, 6.07) is 16.0. The van der Waals surface area contributed by atoms with Crippen molar-refractivity contribution >= 4 is 15.9 Å². The smallest absolute Gasteiger partial charge is 0.245 e. The van der Waals surface area contributed by atoms with Crippen LogP contribution in [0.4, 0.5) is 0 Å². The number of carbonyl (C=O) groups is 1. The van der Waals surface area contributed by atoms with Crippen LogP contribution in [0.1, 0.15) is 30.0 Å². The van der Waals surface area contributed by atoms with Gasteiger partial charge < -0.3 is 5.32 Å². The van der Waals surface area contributed by atoms with E-state index >= 15 is 0 Å². The zero-order valence-electron chi connectivity index (χ0n) is 17.7. The summed E-state index contributed by atoms with van der Waals surface area (Å²) in [4.78, 5) is 13.2. The van der Waals surface area contributed by atoms with E-state index in [2.05, 4.69) is 20.8 Å². The Morgan fingerprint density at radius 3 is 2.38 bits per heavy atom. The lowest BCUT2D eigenvalue weighted by Gasteiger charge is -2.17. The van der Waals surface area contributed by atoms with Crippen LogP contribution >= 0.6 is 0 Å². The zero-order chi connectivity index (χ0) is 22.4. The first-order chi connectivity index (χ1) is 15.5. The van der Waals surface area contributed by atoms with E-state index < -0.39 is 16.1 Å². The number of aromatic nitrogens is 4. The highest BCUT2D eigenvalue weighted by atomic mass is 32.2. The average Bonchev–Trinajstić information content (AvgIpc) is 3.53. The van der Waals surface area contributed by atoms with Crippen LogP contribution in [0.3, 0.4) is 0 Å². The molecule has 1 saturated heterocycles. The van der Waals surface area contributed by atoms with E-state index in [1.54, 1.807) is 24.3 Å². The molecule has 3 aromatic rings. The second kappa shape index (κ2) is 10.0. The van der Waals surface area contributed by atoms with Crippen LogP contribution in [0.25, 0.3) is 0 Å². The van der Waals surface area contributed by atoms with Crippen LogP contribution in [-0.4, -0.2) is 58.5 Å². The molecule has 1 N–H and O–H groups in total. The number of hydrogen-bond donors (Lipinski definition) is 1. The van der Waals surface area contributed by atoms with Gasteiger partial charge in [-0.05, 0) is 52.9 Å². The van der Waals surface area contributed by atoms with E-state index in [1.165, 1.54) is 15.3 Å². The Bertz CT molecular complexity index is 1110. The summed E-state index contributed by atoms with van der Waals surface area (Å²) >= 11 is 0. The predicted octanol–water partition coefficient (Wildman–Crippen LogP) is 1.60. The van der Waals surface area contributed by atoms with E-state index in [1.807, 2.05) is 30.3 Å². The number of nitrogens with one attached hydrogen (secondary N) is 1. The molecule has 1 aromatic heterocycles. The van der Waals surface area contributed by atoms with Crippen molar-refractivity contribution in [2.75, 3.05) is 19.6 Å². The number of tetrazole rings is 1. The average molecular weight is 455 g/mol. The van der Waals surface area contributed by atoms with Gasteiger partial charge in [-0.3, -0.25) is 4.79 Å². The molecule has 1 unspecified atom stereocenters. The molecule has 1 amide bonds. The fourth-order valence-electron chi connectivity index (χ4n) is 3.81. The first-order valence-electron chi connectivity index (χ1n) is 10.7. The molecular weight excluding hydrogens is 428 g/mol. The Morgan fingerprint density at radius 2 is 1.72 bits per heavy atom. The molecule has 1 fully saturated rings. The molecule has 0 spiro atoms. The van der Waals surface area contributed by atoms with Crippen LogP contribution in [0, 0.1) is 0 Å². The van der Waals surface area contributed by atoms with Crippen LogP contribution < -0.4 is 5.32 Å². The van der Waals surface area contributed by atoms with E-state index in [9.17, 15) is 13.2 Å². The van der Waals surface area contributed by atoms with Gasteiger partial charge in [0.1, 0.15) is 12.4 Å². The molecule has 0 aliphatic carbocycles. The van der Waals surface area contributed by atoms with Gasteiger partial charge in [0, 0.05) is 26.1 Å². The van der Waals surface area contributed by atoms with Gasteiger partial charge in [-0.2, -0.15) is 4.31 Å². The monoisotopic (exact) mass is 454 g/mol. The lowest BCUT2D eigenvalue weighted by atomic mass is 10.1. The summed E-state index contributed by atoms with van der Waals surface area (Å²) in [7, 11) is -3.41. The van der Waals surface area contributed by atoms with Gasteiger partial charge in [0.2, 0.25) is 15.9 Å². The van der Waals surface area contributed by atoms with Crippen molar-refractivity contribution in [3.63, 3.8) is 0 Å². The standard InChI is InChI=1S/C22H26N6O3S/c29-22(21(28-17-24-25-26-28)16-19-6-2-1-3-7-19)23-13-12-18-8-10-20(11-9-18)32(30,31)27-14-4-5-15-27/h1-3,6-11,17,21H,4-5,12-16H2,(H,23,29). The lowest BCUT2D eigenvalue weighted by Crippen LogP contribution is -2.35. The number of rotatable bonds is 9. The number of hydrogen-bond acceptors (Lipinski definition) is 6. The van der Waals surface area contributed by atoms with Crippen molar-refractivity contribution in [2.24, 2.45) is 0 Å². The maximum Gasteiger partial charge on any atom is 0.245 e. The molecule has 168 valence electrons. The minimum absolute atomic E-state index is 0.172. The Morgan fingerprint density at radius 1 is 1.00 bits per heavy atom. The Balaban J connectivity index is 1.35. The predicted molar refractivity (Wildman–Crippen MR) is 118 cm³/mol. The van der Waals surface area contributed by atoms with Gasteiger partial charge >= 0.3 is 0 Å². The van der Waals surface area contributed by atoms with Gasteiger partial charge in [0.05, 0.1) is 4.90 Å². The minimum atomic E-state index is -3.41. The molecule has 1 aliphatic heterocycles. The summed E-state index contributed by atoms with van der Waals surface area (Å²) in [6.45, 7) is 1.59. The fraction of sp³-hybridized carbons (Fsp3) is 0.364. The number of benzene rings is 2.